The van der Waals surface area contributed by atoms with E-state index in [1.807, 2.05) is 0 Å². The van der Waals surface area contributed by atoms with E-state index in [4.69, 9.17) is 0 Å². The zero-order valence-corrected chi connectivity index (χ0v) is 13.9. The third-order valence-electron chi connectivity index (χ3n) is 5.25. The molecule has 1 N–H and O–H groups in total. The Morgan fingerprint density at radius 3 is 2.35 bits per heavy atom. The monoisotopic (exact) mass is 301 g/mol. The van der Waals surface area contributed by atoms with E-state index in [1.54, 1.807) is 6.92 Å². The molecule has 2 aliphatic rings. The quantitative estimate of drug-likeness (QED) is 0.712. The second-order valence-electron chi connectivity index (χ2n) is 6.63. The van der Waals surface area contributed by atoms with E-state index in [1.165, 1.54) is 25.7 Å². The van der Waals surface area contributed by atoms with Crippen LogP contribution in [0.2, 0.25) is 0 Å². The molecule has 2 rings (SSSR count). The first-order valence-electron chi connectivity index (χ1n) is 8.53. The summed E-state index contributed by atoms with van der Waals surface area (Å²) in [4.78, 5) is 0. The number of fused-ring (bicyclic) bond motifs is 1. The van der Waals surface area contributed by atoms with E-state index in [9.17, 15) is 8.42 Å². The van der Waals surface area contributed by atoms with Crippen LogP contribution in [0.15, 0.2) is 0 Å². The summed E-state index contributed by atoms with van der Waals surface area (Å²) >= 11 is 0. The molecule has 4 heteroatoms. The molecule has 3 nitrogen and oxygen atoms in total. The number of sulfone groups is 1. The summed E-state index contributed by atoms with van der Waals surface area (Å²) in [6.07, 6.45) is 8.65. The smallest absolute Gasteiger partial charge is 0.150 e. The van der Waals surface area contributed by atoms with Crippen molar-refractivity contribution in [2.75, 3.05) is 18.1 Å². The van der Waals surface area contributed by atoms with Gasteiger partial charge in [0.05, 0.1) is 5.75 Å². The van der Waals surface area contributed by atoms with Gasteiger partial charge in [0.2, 0.25) is 0 Å². The average molecular weight is 301 g/mol. The fourth-order valence-electron chi connectivity index (χ4n) is 4.07. The Balaban J connectivity index is 1.82. The van der Waals surface area contributed by atoms with Gasteiger partial charge in [-0.2, -0.15) is 0 Å². The molecule has 0 aliphatic heterocycles. The third-order valence-corrected chi connectivity index (χ3v) is 7.04. The molecule has 2 saturated carbocycles. The first-order chi connectivity index (χ1) is 9.59. The normalized spacial score (nSPS) is 30.8. The van der Waals surface area contributed by atoms with Gasteiger partial charge in [0.15, 0.2) is 0 Å². The molecular formula is C16H31NO2S. The van der Waals surface area contributed by atoms with Crippen LogP contribution in [-0.2, 0) is 9.84 Å². The van der Waals surface area contributed by atoms with E-state index in [0.29, 0.717) is 11.8 Å². The van der Waals surface area contributed by atoms with Crippen molar-refractivity contribution in [1.29, 1.82) is 0 Å². The lowest BCUT2D eigenvalue weighted by atomic mass is 10.0. The molecule has 0 heterocycles. The standard InChI is InChI=1S/C16H31NO2S/c1-3-11-17-15(10-7-12-20(18,19)4-2)16-13-8-5-6-9-14(13)16/h13-17H,3-12H2,1-2H3. The molecule has 0 aromatic rings. The molecule has 2 aliphatic carbocycles. The van der Waals surface area contributed by atoms with Crippen molar-refractivity contribution in [2.45, 2.75) is 64.8 Å². The molecule has 0 aromatic carbocycles. The molecule has 2 fully saturated rings. The summed E-state index contributed by atoms with van der Waals surface area (Å²) < 4.78 is 23.2. The predicted octanol–water partition coefficient (Wildman–Crippen LogP) is 3.01. The second kappa shape index (κ2) is 7.26. The van der Waals surface area contributed by atoms with Crippen LogP contribution in [0.1, 0.15) is 58.8 Å². The number of nitrogens with one attached hydrogen (secondary N) is 1. The molecule has 0 aromatic heterocycles. The zero-order valence-electron chi connectivity index (χ0n) is 13.1. The Morgan fingerprint density at radius 1 is 1.15 bits per heavy atom. The van der Waals surface area contributed by atoms with Crippen LogP contribution >= 0.6 is 0 Å². The minimum Gasteiger partial charge on any atom is -0.314 e. The van der Waals surface area contributed by atoms with Crippen molar-refractivity contribution >= 4 is 9.84 Å². The zero-order chi connectivity index (χ0) is 14.6. The maximum atomic E-state index is 11.6. The molecule has 3 atom stereocenters. The van der Waals surface area contributed by atoms with Crippen LogP contribution in [0, 0.1) is 17.8 Å². The molecule has 0 amide bonds. The molecule has 118 valence electrons. The summed E-state index contributed by atoms with van der Waals surface area (Å²) in [5.41, 5.74) is 0. The molecular weight excluding hydrogens is 270 g/mol. The number of hydrogen-bond donors (Lipinski definition) is 1. The summed E-state index contributed by atoms with van der Waals surface area (Å²) in [5.74, 6) is 3.39. The first kappa shape index (κ1) is 16.3. The largest absolute Gasteiger partial charge is 0.314 e. The Bertz CT molecular complexity index is 381. The molecule has 0 bridgehead atoms. The number of rotatable bonds is 9. The van der Waals surface area contributed by atoms with Crippen molar-refractivity contribution in [3.8, 4) is 0 Å². The number of hydrogen-bond acceptors (Lipinski definition) is 3. The van der Waals surface area contributed by atoms with Crippen molar-refractivity contribution in [1.82, 2.24) is 5.32 Å². The van der Waals surface area contributed by atoms with Crippen LogP contribution in [0.25, 0.3) is 0 Å². The summed E-state index contributed by atoms with van der Waals surface area (Å²) in [7, 11) is -2.79. The van der Waals surface area contributed by atoms with Crippen molar-refractivity contribution < 1.29 is 8.42 Å². The SMILES string of the molecule is CCCNC(CCCS(=O)(=O)CC)C1C2CCCCC21. The lowest BCUT2D eigenvalue weighted by molar-refractivity contribution is 0.403. The van der Waals surface area contributed by atoms with Crippen LogP contribution in [0.3, 0.4) is 0 Å². The Hall–Kier alpha value is -0.0900. The van der Waals surface area contributed by atoms with Crippen molar-refractivity contribution in [3.05, 3.63) is 0 Å². The topological polar surface area (TPSA) is 46.2 Å². The summed E-state index contributed by atoms with van der Waals surface area (Å²) in [5, 5.41) is 3.70. The highest BCUT2D eigenvalue weighted by Gasteiger charge is 2.53. The fourth-order valence-corrected chi connectivity index (χ4v) is 4.97. The second-order valence-corrected chi connectivity index (χ2v) is 9.10. The van der Waals surface area contributed by atoms with Gasteiger partial charge in [-0.25, -0.2) is 8.42 Å². The molecule has 0 spiro atoms. The highest BCUT2D eigenvalue weighted by atomic mass is 32.2. The van der Waals surface area contributed by atoms with Gasteiger partial charge in [-0.1, -0.05) is 26.7 Å². The van der Waals surface area contributed by atoms with E-state index in [0.717, 1.165) is 43.6 Å². The molecule has 0 radical (unpaired) electrons. The first-order valence-corrected chi connectivity index (χ1v) is 10.3. The van der Waals surface area contributed by atoms with E-state index < -0.39 is 9.84 Å². The summed E-state index contributed by atoms with van der Waals surface area (Å²) in [6.45, 7) is 5.02. The highest BCUT2D eigenvalue weighted by Crippen LogP contribution is 2.57. The maximum absolute atomic E-state index is 11.6. The lowest BCUT2D eigenvalue weighted by Gasteiger charge is -2.19. The maximum Gasteiger partial charge on any atom is 0.150 e. The van der Waals surface area contributed by atoms with Gasteiger partial charge in [0, 0.05) is 11.8 Å². The lowest BCUT2D eigenvalue weighted by Crippen LogP contribution is -2.33. The van der Waals surface area contributed by atoms with Gasteiger partial charge in [-0.3, -0.25) is 0 Å². The van der Waals surface area contributed by atoms with Crippen molar-refractivity contribution in [2.24, 2.45) is 17.8 Å². The van der Waals surface area contributed by atoms with Crippen LogP contribution < -0.4 is 5.32 Å². The predicted molar refractivity (Wildman–Crippen MR) is 84.6 cm³/mol. The van der Waals surface area contributed by atoms with Crippen LogP contribution in [0.4, 0.5) is 0 Å². The Kier molecular flexibility index (Phi) is 5.91. The van der Waals surface area contributed by atoms with Gasteiger partial charge >= 0.3 is 0 Å². The Morgan fingerprint density at radius 2 is 1.80 bits per heavy atom. The Labute approximate surface area is 124 Å². The van der Waals surface area contributed by atoms with E-state index in [2.05, 4.69) is 12.2 Å². The van der Waals surface area contributed by atoms with Crippen LogP contribution in [-0.4, -0.2) is 32.5 Å². The van der Waals surface area contributed by atoms with Crippen LogP contribution in [0.5, 0.6) is 0 Å². The fraction of sp³-hybridized carbons (Fsp3) is 1.00. The van der Waals surface area contributed by atoms with Gasteiger partial charge in [0.1, 0.15) is 9.84 Å². The van der Waals surface area contributed by atoms with Crippen molar-refractivity contribution in [3.63, 3.8) is 0 Å². The van der Waals surface area contributed by atoms with E-state index >= 15 is 0 Å². The minimum absolute atomic E-state index is 0.286. The van der Waals surface area contributed by atoms with Gasteiger partial charge in [-0.05, 0) is 56.4 Å². The minimum atomic E-state index is -2.79. The molecule has 3 unspecified atom stereocenters. The highest BCUT2D eigenvalue weighted by molar-refractivity contribution is 7.91. The van der Waals surface area contributed by atoms with E-state index in [-0.39, 0.29) is 5.75 Å². The summed E-state index contributed by atoms with van der Waals surface area (Å²) in [6, 6.07) is 0.565. The van der Waals surface area contributed by atoms with Gasteiger partial charge in [0.25, 0.3) is 0 Å². The van der Waals surface area contributed by atoms with Gasteiger partial charge in [-0.15, -0.1) is 0 Å². The average Bonchev–Trinajstić information content (AvgIpc) is 3.17. The molecule has 20 heavy (non-hydrogen) atoms. The third kappa shape index (κ3) is 4.20. The van der Waals surface area contributed by atoms with Gasteiger partial charge < -0.3 is 5.32 Å². The molecule has 0 saturated heterocycles.